The minimum atomic E-state index is -4.33. The Labute approximate surface area is 79.5 Å². The van der Waals surface area contributed by atoms with Gasteiger partial charge in [0, 0.05) is 0 Å². The fourth-order valence-corrected chi connectivity index (χ4v) is 0.671. The molecule has 0 aromatic heterocycles. The molecule has 0 aromatic rings. The molecule has 4 nitrogen and oxygen atoms in total. The molecule has 0 spiro atoms. The minimum Gasteiger partial charge on any atom is -0.304 e. The average molecular weight is 215 g/mol. The fraction of sp³-hybridized carbons (Fsp3) is 1.00. The lowest BCUT2D eigenvalue weighted by atomic mass is 10.5. The van der Waals surface area contributed by atoms with Crippen LogP contribution in [-0.2, 0) is 10.1 Å². The summed E-state index contributed by atoms with van der Waals surface area (Å²) in [4.78, 5) is 2.38. The van der Waals surface area contributed by atoms with Gasteiger partial charge in [0.2, 0.25) is 6.01 Å². The third kappa shape index (κ3) is 14.6. The summed E-state index contributed by atoms with van der Waals surface area (Å²) in [5.41, 5.74) is 0. The Hall–Kier alpha value is -0.200. The maximum Gasteiger partial charge on any atom is 0.294 e. The predicted molar refractivity (Wildman–Crippen MR) is 51.0 cm³/mol. The van der Waals surface area contributed by atoms with E-state index in [1.807, 2.05) is 0 Å². The minimum absolute atomic E-state index is 1.19. The zero-order valence-corrected chi connectivity index (χ0v) is 9.14. The molecule has 0 saturated heterocycles. The molecule has 0 heterocycles. The van der Waals surface area contributed by atoms with Gasteiger partial charge in [-0.25, -0.2) is 4.39 Å². The first-order valence-corrected chi connectivity index (χ1v) is 5.75. The zero-order valence-electron chi connectivity index (χ0n) is 8.33. The predicted octanol–water partition coefficient (Wildman–Crippen LogP) is 1.15. The molecule has 0 radical (unpaired) electrons. The van der Waals surface area contributed by atoms with E-state index in [-0.39, 0.29) is 0 Å². The van der Waals surface area contributed by atoms with Crippen LogP contribution in [-0.4, -0.2) is 43.5 Å². The van der Waals surface area contributed by atoms with Gasteiger partial charge in [0.05, 0.1) is 0 Å². The van der Waals surface area contributed by atoms with E-state index in [1.165, 1.54) is 19.6 Å². The quantitative estimate of drug-likeness (QED) is 0.715. The van der Waals surface area contributed by atoms with Gasteiger partial charge in [-0.1, -0.05) is 20.8 Å². The maximum absolute atomic E-state index is 10.7. The number of alkyl halides is 1. The average Bonchev–Trinajstić information content (AvgIpc) is 2.07. The van der Waals surface area contributed by atoms with Gasteiger partial charge in [-0.2, -0.15) is 8.42 Å². The molecule has 0 aliphatic rings. The summed E-state index contributed by atoms with van der Waals surface area (Å²) in [6.45, 7) is 10.1. The Balaban J connectivity index is 0. The fourth-order valence-electron chi connectivity index (χ4n) is 0.671. The van der Waals surface area contributed by atoms with E-state index >= 15 is 0 Å². The first-order valence-electron chi connectivity index (χ1n) is 4.14. The lowest BCUT2D eigenvalue weighted by Gasteiger charge is -2.13. The van der Waals surface area contributed by atoms with Crippen molar-refractivity contribution >= 4 is 10.1 Å². The van der Waals surface area contributed by atoms with E-state index in [0.29, 0.717) is 0 Å². The van der Waals surface area contributed by atoms with E-state index in [2.05, 4.69) is 25.7 Å². The van der Waals surface area contributed by atoms with Crippen molar-refractivity contribution in [3.05, 3.63) is 0 Å². The van der Waals surface area contributed by atoms with Crippen molar-refractivity contribution in [3.8, 4) is 0 Å². The van der Waals surface area contributed by atoms with E-state index in [0.717, 1.165) is 0 Å². The summed E-state index contributed by atoms with van der Waals surface area (Å²) >= 11 is 0. The first-order chi connectivity index (χ1) is 5.91. The highest BCUT2D eigenvalue weighted by atomic mass is 32.2. The summed E-state index contributed by atoms with van der Waals surface area (Å²) in [6, 6.07) is -1.70. The number of hydrogen-bond donors (Lipinski definition) is 1. The number of halogens is 1. The summed E-state index contributed by atoms with van der Waals surface area (Å²) in [5.74, 6) is 0. The Morgan fingerprint density at radius 1 is 1.15 bits per heavy atom. The van der Waals surface area contributed by atoms with Crippen molar-refractivity contribution in [1.29, 1.82) is 0 Å². The molecule has 0 saturated carbocycles. The lowest BCUT2D eigenvalue weighted by Crippen LogP contribution is -2.21. The third-order valence-corrected chi connectivity index (χ3v) is 1.76. The van der Waals surface area contributed by atoms with Crippen LogP contribution in [0.5, 0.6) is 0 Å². The highest BCUT2D eigenvalue weighted by Crippen LogP contribution is 1.81. The Kier molecular flexibility index (Phi) is 9.87. The van der Waals surface area contributed by atoms with Gasteiger partial charge in [-0.15, -0.1) is 0 Å². The molecule has 0 amide bonds. The molecule has 0 unspecified atom stereocenters. The van der Waals surface area contributed by atoms with Crippen LogP contribution in [0.2, 0.25) is 0 Å². The van der Waals surface area contributed by atoms with Gasteiger partial charge >= 0.3 is 0 Å². The standard InChI is InChI=1S/C6H15N.CH3FO3S/c1-4-7(5-2)6-3;2-1-6(3,4)5/h4-6H2,1-3H3;1H2,(H,3,4,5). The van der Waals surface area contributed by atoms with E-state index < -0.39 is 16.1 Å². The summed E-state index contributed by atoms with van der Waals surface area (Å²) < 4.78 is 36.4. The molecule has 0 rings (SSSR count). The van der Waals surface area contributed by atoms with Crippen molar-refractivity contribution in [1.82, 2.24) is 4.90 Å². The van der Waals surface area contributed by atoms with Crippen LogP contribution in [0.1, 0.15) is 20.8 Å². The molecule has 0 aliphatic carbocycles. The molecule has 1 N–H and O–H groups in total. The van der Waals surface area contributed by atoms with Crippen molar-refractivity contribution in [2.24, 2.45) is 0 Å². The summed E-state index contributed by atoms with van der Waals surface area (Å²) in [5, 5.41) is 0. The Morgan fingerprint density at radius 2 is 1.38 bits per heavy atom. The molecule has 0 bridgehead atoms. The molecule has 13 heavy (non-hydrogen) atoms. The van der Waals surface area contributed by atoms with Crippen molar-refractivity contribution in [2.45, 2.75) is 20.8 Å². The topological polar surface area (TPSA) is 57.6 Å². The van der Waals surface area contributed by atoms with Gasteiger partial charge in [-0.05, 0) is 19.6 Å². The number of nitrogens with zero attached hydrogens (tertiary/aromatic N) is 1. The largest absolute Gasteiger partial charge is 0.304 e. The van der Waals surface area contributed by atoms with Crippen molar-refractivity contribution in [2.75, 3.05) is 25.6 Å². The monoisotopic (exact) mass is 215 g/mol. The Morgan fingerprint density at radius 3 is 1.38 bits per heavy atom. The smallest absolute Gasteiger partial charge is 0.294 e. The van der Waals surface area contributed by atoms with E-state index in [4.69, 9.17) is 4.55 Å². The second-order valence-electron chi connectivity index (χ2n) is 2.31. The Bertz CT molecular complexity index is 184. The van der Waals surface area contributed by atoms with Crippen molar-refractivity contribution < 1.29 is 17.4 Å². The van der Waals surface area contributed by atoms with Gasteiger partial charge in [0.1, 0.15) is 0 Å². The van der Waals surface area contributed by atoms with Crippen LogP contribution in [0, 0.1) is 0 Å². The van der Waals surface area contributed by atoms with Gasteiger partial charge in [0.25, 0.3) is 10.1 Å². The van der Waals surface area contributed by atoms with E-state index in [1.54, 1.807) is 0 Å². The van der Waals surface area contributed by atoms with Crippen LogP contribution < -0.4 is 0 Å². The molecule has 0 aliphatic heterocycles. The first kappa shape index (κ1) is 15.3. The molecule has 0 atom stereocenters. The van der Waals surface area contributed by atoms with E-state index in [9.17, 15) is 12.8 Å². The van der Waals surface area contributed by atoms with Crippen LogP contribution in [0.3, 0.4) is 0 Å². The summed E-state index contributed by atoms with van der Waals surface area (Å²) in [6.07, 6.45) is 0. The van der Waals surface area contributed by atoms with Gasteiger partial charge in [0.15, 0.2) is 0 Å². The van der Waals surface area contributed by atoms with Crippen LogP contribution >= 0.6 is 0 Å². The normalized spacial score (nSPS) is 10.9. The van der Waals surface area contributed by atoms with Crippen LogP contribution in [0.15, 0.2) is 0 Å². The molecular weight excluding hydrogens is 197 g/mol. The number of rotatable bonds is 4. The van der Waals surface area contributed by atoms with Crippen LogP contribution in [0.25, 0.3) is 0 Å². The highest BCUT2D eigenvalue weighted by Gasteiger charge is 1.97. The van der Waals surface area contributed by atoms with Gasteiger partial charge in [-0.3, -0.25) is 4.55 Å². The second-order valence-corrected chi connectivity index (χ2v) is 3.69. The highest BCUT2D eigenvalue weighted by molar-refractivity contribution is 7.85. The zero-order chi connectivity index (χ0) is 10.9. The van der Waals surface area contributed by atoms with Crippen molar-refractivity contribution in [3.63, 3.8) is 0 Å². The lowest BCUT2D eigenvalue weighted by molar-refractivity contribution is 0.321. The maximum atomic E-state index is 10.7. The van der Waals surface area contributed by atoms with Crippen LogP contribution in [0.4, 0.5) is 4.39 Å². The summed E-state index contributed by atoms with van der Waals surface area (Å²) in [7, 11) is -4.33. The van der Waals surface area contributed by atoms with Gasteiger partial charge < -0.3 is 4.90 Å². The molecule has 0 fully saturated rings. The molecule has 6 heteroatoms. The third-order valence-electron chi connectivity index (χ3n) is 1.48. The molecule has 82 valence electrons. The molecular formula is C7H18FNO3S. The number of hydrogen-bond acceptors (Lipinski definition) is 3. The second kappa shape index (κ2) is 8.40. The molecule has 0 aromatic carbocycles. The SMILES string of the molecule is CCN(CC)CC.O=S(=O)(O)CF.